The van der Waals surface area contributed by atoms with Gasteiger partial charge in [-0.25, -0.2) is 0 Å². The lowest BCUT2D eigenvalue weighted by atomic mass is 9.89. The summed E-state index contributed by atoms with van der Waals surface area (Å²) in [6.07, 6.45) is 1.76. The summed E-state index contributed by atoms with van der Waals surface area (Å²) in [4.78, 5) is 32.0. The van der Waals surface area contributed by atoms with Gasteiger partial charge in [-0.2, -0.15) is 0 Å². The number of nitrogens with zero attached hydrogens (tertiary/aromatic N) is 4. The van der Waals surface area contributed by atoms with Gasteiger partial charge in [0.15, 0.2) is 0 Å². The van der Waals surface area contributed by atoms with Gasteiger partial charge in [-0.15, -0.1) is 0 Å². The first-order valence-electron chi connectivity index (χ1n) is 9.50. The summed E-state index contributed by atoms with van der Waals surface area (Å²) in [5.41, 5.74) is 3.37. The average molecular weight is 382 g/mol. The van der Waals surface area contributed by atoms with Gasteiger partial charge in [-0.05, 0) is 45.0 Å². The molecule has 1 aliphatic heterocycles. The number of carbonyl (C=O) groups excluding carboxylic acids is 1. The molecule has 148 valence electrons. The van der Waals surface area contributed by atoms with Gasteiger partial charge in [0.2, 0.25) is 0 Å². The van der Waals surface area contributed by atoms with Gasteiger partial charge in [-0.1, -0.05) is 18.2 Å². The van der Waals surface area contributed by atoms with Gasteiger partial charge in [0.25, 0.3) is 11.6 Å². The van der Waals surface area contributed by atoms with Gasteiger partial charge in [0.1, 0.15) is 0 Å². The number of piperidine rings is 1. The highest BCUT2D eigenvalue weighted by Crippen LogP contribution is 2.31. The fourth-order valence-corrected chi connectivity index (χ4v) is 3.74. The summed E-state index contributed by atoms with van der Waals surface area (Å²) in [6, 6.07) is 10.7. The molecule has 28 heavy (non-hydrogen) atoms. The number of carbonyl (C=O) groups is 1. The Morgan fingerprint density at radius 1 is 1.21 bits per heavy atom. The van der Waals surface area contributed by atoms with Crippen LogP contribution in [0.5, 0.6) is 0 Å². The normalized spacial score (nSPS) is 15.4. The average Bonchev–Trinajstić information content (AvgIpc) is 2.68. The molecule has 0 radical (unpaired) electrons. The SMILES string of the molecule is Cc1ccc(C(=O)N(C)C)c(C2CCN(Cc3ccccc3[N+](=O)[O-])CC2)n1. The first kappa shape index (κ1) is 19.9. The topological polar surface area (TPSA) is 79.6 Å². The molecule has 1 amide bonds. The van der Waals surface area contributed by atoms with Gasteiger partial charge >= 0.3 is 0 Å². The smallest absolute Gasteiger partial charge is 0.273 e. The van der Waals surface area contributed by atoms with Crippen molar-refractivity contribution >= 4 is 11.6 Å². The Labute approximate surface area is 165 Å². The second-order valence-electron chi connectivity index (χ2n) is 7.52. The van der Waals surface area contributed by atoms with Crippen molar-refractivity contribution in [1.82, 2.24) is 14.8 Å². The van der Waals surface area contributed by atoms with Crippen molar-refractivity contribution in [3.8, 4) is 0 Å². The largest absolute Gasteiger partial charge is 0.345 e. The zero-order valence-electron chi connectivity index (χ0n) is 16.6. The minimum absolute atomic E-state index is 0.0233. The Hall–Kier alpha value is -2.80. The molecule has 0 spiro atoms. The van der Waals surface area contributed by atoms with Gasteiger partial charge < -0.3 is 4.90 Å². The van der Waals surface area contributed by atoms with Crippen LogP contribution < -0.4 is 0 Å². The molecule has 1 fully saturated rings. The van der Waals surface area contributed by atoms with Crippen molar-refractivity contribution < 1.29 is 9.72 Å². The van der Waals surface area contributed by atoms with Gasteiger partial charge in [-0.3, -0.25) is 24.8 Å². The highest BCUT2D eigenvalue weighted by molar-refractivity contribution is 5.95. The van der Waals surface area contributed by atoms with Gasteiger partial charge in [0.05, 0.1) is 16.2 Å². The third-order valence-corrected chi connectivity index (χ3v) is 5.26. The number of benzene rings is 1. The van der Waals surface area contributed by atoms with Crippen LogP contribution in [0.3, 0.4) is 0 Å². The molecule has 0 unspecified atom stereocenters. The minimum atomic E-state index is -0.322. The molecule has 2 heterocycles. The van der Waals surface area contributed by atoms with Crippen LogP contribution in [0.2, 0.25) is 0 Å². The number of hydrogen-bond acceptors (Lipinski definition) is 5. The summed E-state index contributed by atoms with van der Waals surface area (Å²) >= 11 is 0. The van der Waals surface area contributed by atoms with Crippen molar-refractivity contribution in [2.75, 3.05) is 27.2 Å². The molecule has 3 rings (SSSR count). The van der Waals surface area contributed by atoms with E-state index in [9.17, 15) is 14.9 Å². The highest BCUT2D eigenvalue weighted by Gasteiger charge is 2.27. The number of rotatable bonds is 5. The number of nitro groups is 1. The zero-order valence-corrected chi connectivity index (χ0v) is 16.6. The molecular weight excluding hydrogens is 356 g/mol. The molecule has 1 aliphatic rings. The molecule has 7 heteroatoms. The van der Waals surface area contributed by atoms with Crippen LogP contribution >= 0.6 is 0 Å². The van der Waals surface area contributed by atoms with Crippen LogP contribution in [0, 0.1) is 17.0 Å². The van der Waals surface area contributed by atoms with E-state index < -0.39 is 0 Å². The van der Waals surface area contributed by atoms with Crippen molar-refractivity contribution in [3.05, 3.63) is 69.0 Å². The number of pyridine rings is 1. The number of hydrogen-bond donors (Lipinski definition) is 0. The van der Waals surface area contributed by atoms with Crippen LogP contribution in [-0.2, 0) is 6.54 Å². The number of para-hydroxylation sites is 1. The van der Waals surface area contributed by atoms with E-state index in [4.69, 9.17) is 4.98 Å². The second-order valence-corrected chi connectivity index (χ2v) is 7.52. The Bertz CT molecular complexity index is 874. The molecule has 7 nitrogen and oxygen atoms in total. The maximum atomic E-state index is 12.5. The lowest BCUT2D eigenvalue weighted by molar-refractivity contribution is -0.385. The van der Waals surface area contributed by atoms with E-state index >= 15 is 0 Å². The summed E-state index contributed by atoms with van der Waals surface area (Å²) in [6.45, 7) is 4.15. The van der Waals surface area contributed by atoms with E-state index in [0.717, 1.165) is 42.9 Å². The third kappa shape index (κ3) is 4.36. The fraction of sp³-hybridized carbons (Fsp3) is 0.429. The molecule has 0 atom stereocenters. The van der Waals surface area contributed by atoms with E-state index in [-0.39, 0.29) is 22.4 Å². The fourth-order valence-electron chi connectivity index (χ4n) is 3.74. The van der Waals surface area contributed by atoms with Crippen LogP contribution in [0.1, 0.15) is 46.1 Å². The van der Waals surface area contributed by atoms with E-state index in [2.05, 4.69) is 4.90 Å². The van der Waals surface area contributed by atoms with E-state index in [0.29, 0.717) is 12.1 Å². The first-order valence-corrected chi connectivity index (χ1v) is 9.50. The summed E-state index contributed by atoms with van der Waals surface area (Å²) < 4.78 is 0. The Morgan fingerprint density at radius 2 is 1.89 bits per heavy atom. The predicted molar refractivity (Wildman–Crippen MR) is 107 cm³/mol. The van der Waals surface area contributed by atoms with E-state index in [1.807, 2.05) is 31.2 Å². The molecule has 1 saturated heterocycles. The predicted octanol–water partition coefficient (Wildman–Crippen LogP) is 3.38. The van der Waals surface area contributed by atoms with Crippen molar-refractivity contribution in [3.63, 3.8) is 0 Å². The third-order valence-electron chi connectivity index (χ3n) is 5.26. The summed E-state index contributed by atoms with van der Waals surface area (Å²) in [5.74, 6) is 0.200. The van der Waals surface area contributed by atoms with Crippen LogP contribution in [0.15, 0.2) is 36.4 Å². The number of amides is 1. The lowest BCUT2D eigenvalue weighted by Crippen LogP contribution is -2.34. The molecule has 0 N–H and O–H groups in total. The molecule has 0 saturated carbocycles. The number of nitro benzene ring substituents is 1. The quantitative estimate of drug-likeness (QED) is 0.585. The molecule has 2 aromatic rings. The molecule has 1 aromatic heterocycles. The summed E-state index contributed by atoms with van der Waals surface area (Å²) in [7, 11) is 3.50. The Kier molecular flexibility index (Phi) is 6.04. The Balaban J connectivity index is 1.72. The van der Waals surface area contributed by atoms with E-state index in [1.165, 1.54) is 0 Å². The standard InChI is InChI=1S/C21H26N4O3/c1-15-8-9-18(21(26)23(2)3)20(22-15)16-10-12-24(13-11-16)14-17-6-4-5-7-19(17)25(27)28/h4-9,16H,10-14H2,1-3H3. The highest BCUT2D eigenvalue weighted by atomic mass is 16.6. The first-order chi connectivity index (χ1) is 13.4. The van der Waals surface area contributed by atoms with Crippen molar-refractivity contribution in [1.29, 1.82) is 0 Å². The number of aromatic nitrogens is 1. The van der Waals surface area contributed by atoms with Crippen LogP contribution in [0.4, 0.5) is 5.69 Å². The lowest BCUT2D eigenvalue weighted by Gasteiger charge is -2.32. The van der Waals surface area contributed by atoms with Crippen molar-refractivity contribution in [2.24, 2.45) is 0 Å². The monoisotopic (exact) mass is 382 g/mol. The van der Waals surface area contributed by atoms with Crippen molar-refractivity contribution in [2.45, 2.75) is 32.2 Å². The zero-order chi connectivity index (χ0) is 20.3. The van der Waals surface area contributed by atoms with Gasteiger partial charge in [0, 0.05) is 43.9 Å². The van der Waals surface area contributed by atoms with E-state index in [1.54, 1.807) is 31.1 Å². The maximum Gasteiger partial charge on any atom is 0.273 e. The molecule has 1 aromatic carbocycles. The number of aryl methyl sites for hydroxylation is 1. The second kappa shape index (κ2) is 8.48. The molecule has 0 bridgehead atoms. The Morgan fingerprint density at radius 3 is 2.54 bits per heavy atom. The molecule has 0 aliphatic carbocycles. The number of likely N-dealkylation sites (tertiary alicyclic amines) is 1. The molecular formula is C21H26N4O3. The van der Waals surface area contributed by atoms with Crippen LogP contribution in [0.25, 0.3) is 0 Å². The maximum absolute atomic E-state index is 12.5. The summed E-state index contributed by atoms with van der Waals surface area (Å²) in [5, 5.41) is 11.2. The van der Waals surface area contributed by atoms with Crippen LogP contribution in [-0.4, -0.2) is 52.8 Å². The minimum Gasteiger partial charge on any atom is -0.345 e.